The third kappa shape index (κ3) is 7.59. The average Bonchev–Trinajstić information content (AvgIpc) is 2.33. The summed E-state index contributed by atoms with van der Waals surface area (Å²) < 4.78 is 10.8. The molecule has 0 rings (SSSR count). The second-order valence-corrected chi connectivity index (χ2v) is 10.5. The van der Waals surface area contributed by atoms with Crippen LogP contribution in [-0.4, -0.2) is 36.9 Å². The van der Waals surface area contributed by atoms with Crippen LogP contribution in [0.5, 0.6) is 0 Å². The Morgan fingerprint density at radius 2 is 1.80 bits per heavy atom. The van der Waals surface area contributed by atoms with Crippen LogP contribution in [0.3, 0.4) is 0 Å². The highest BCUT2D eigenvalue weighted by atomic mass is 32.9. The van der Waals surface area contributed by atoms with Crippen molar-refractivity contribution >= 4 is 40.8 Å². The standard InChI is InChI=1S/C11H22NO5PS2/c1-5-16-18(19,17-6-2)20-7-9(13)12-10(8(3)4)11(14)15/h8,10H,5-7H2,1-4H3,(H,12,13)(H,14,15)/p-1/t10-/m0/s1. The fraction of sp³-hybridized carbons (Fsp3) is 0.818. The van der Waals surface area contributed by atoms with Gasteiger partial charge in [-0.1, -0.05) is 25.2 Å². The lowest BCUT2D eigenvalue weighted by atomic mass is 10.1. The maximum atomic E-state index is 11.8. The Morgan fingerprint density at radius 1 is 1.30 bits per heavy atom. The Labute approximate surface area is 128 Å². The van der Waals surface area contributed by atoms with Gasteiger partial charge >= 0.3 is 0 Å². The van der Waals surface area contributed by atoms with Crippen LogP contribution < -0.4 is 10.4 Å². The molecule has 0 aromatic rings. The van der Waals surface area contributed by atoms with Crippen LogP contribution >= 0.6 is 17.1 Å². The number of carboxylic acid groups (broad SMARTS) is 1. The van der Waals surface area contributed by atoms with Gasteiger partial charge in [0.25, 0.3) is 0 Å². The van der Waals surface area contributed by atoms with Gasteiger partial charge in [-0.15, -0.1) is 0 Å². The first-order chi connectivity index (χ1) is 9.25. The van der Waals surface area contributed by atoms with Crippen LogP contribution in [0.25, 0.3) is 0 Å². The van der Waals surface area contributed by atoms with Crippen molar-refractivity contribution in [2.75, 3.05) is 19.0 Å². The molecule has 0 aromatic heterocycles. The molecule has 0 spiro atoms. The first kappa shape index (κ1) is 19.9. The number of carbonyl (C=O) groups is 2. The van der Waals surface area contributed by atoms with Crippen LogP contribution in [0.1, 0.15) is 27.7 Å². The van der Waals surface area contributed by atoms with E-state index in [4.69, 9.17) is 20.9 Å². The van der Waals surface area contributed by atoms with E-state index >= 15 is 0 Å². The van der Waals surface area contributed by atoms with E-state index in [2.05, 4.69) is 5.32 Å². The molecule has 0 heterocycles. The van der Waals surface area contributed by atoms with E-state index in [0.29, 0.717) is 13.2 Å². The number of hydrogen-bond donors (Lipinski definition) is 1. The molecule has 20 heavy (non-hydrogen) atoms. The predicted octanol–water partition coefficient (Wildman–Crippen LogP) is 0.908. The number of rotatable bonds is 10. The van der Waals surface area contributed by atoms with Crippen molar-refractivity contribution in [2.24, 2.45) is 5.92 Å². The summed E-state index contributed by atoms with van der Waals surface area (Å²) in [6.07, 6.45) is 0. The van der Waals surface area contributed by atoms with Crippen molar-refractivity contribution in [1.82, 2.24) is 5.32 Å². The topological polar surface area (TPSA) is 87.7 Å². The number of amides is 1. The number of aliphatic carboxylic acids is 1. The van der Waals surface area contributed by atoms with E-state index in [-0.39, 0.29) is 11.7 Å². The molecule has 0 unspecified atom stereocenters. The molecule has 0 aliphatic heterocycles. The van der Waals surface area contributed by atoms with Crippen LogP contribution in [0.2, 0.25) is 0 Å². The van der Waals surface area contributed by atoms with Crippen molar-refractivity contribution in [3.05, 3.63) is 0 Å². The number of carbonyl (C=O) groups excluding carboxylic acids is 2. The molecular formula is C11H21NO5PS2-. The quantitative estimate of drug-likeness (QED) is 0.590. The van der Waals surface area contributed by atoms with Crippen LogP contribution in [-0.2, 0) is 30.4 Å². The van der Waals surface area contributed by atoms with Gasteiger partial charge in [-0.3, -0.25) is 4.79 Å². The van der Waals surface area contributed by atoms with Gasteiger partial charge in [-0.05, 0) is 31.6 Å². The van der Waals surface area contributed by atoms with Gasteiger partial charge in [0.05, 0.1) is 31.0 Å². The molecule has 0 aliphatic carbocycles. The SMILES string of the molecule is CCOP(=S)(OCC)SCC(=O)N[C@H](C(=O)[O-])C(C)C. The largest absolute Gasteiger partial charge is 0.548 e. The molecule has 0 aliphatic rings. The highest BCUT2D eigenvalue weighted by molar-refractivity contribution is 8.68. The number of carboxylic acids is 1. The lowest BCUT2D eigenvalue weighted by Crippen LogP contribution is -2.51. The van der Waals surface area contributed by atoms with Gasteiger partial charge in [-0.25, -0.2) is 0 Å². The third-order valence-corrected chi connectivity index (χ3v) is 7.57. The minimum atomic E-state index is -2.54. The summed E-state index contributed by atoms with van der Waals surface area (Å²) in [6.45, 7) is 7.79. The van der Waals surface area contributed by atoms with Gasteiger partial charge in [0.1, 0.15) is 0 Å². The molecule has 6 nitrogen and oxygen atoms in total. The normalized spacial score (nSPS) is 13.2. The summed E-state index contributed by atoms with van der Waals surface area (Å²) in [7, 11) is 0. The Hall–Kier alpha value is -0.140. The molecule has 0 aromatic carbocycles. The zero-order chi connectivity index (χ0) is 15.8. The third-order valence-electron chi connectivity index (χ3n) is 2.17. The predicted molar refractivity (Wildman–Crippen MR) is 81.8 cm³/mol. The van der Waals surface area contributed by atoms with Crippen LogP contribution in [0.4, 0.5) is 0 Å². The van der Waals surface area contributed by atoms with E-state index < -0.39 is 23.6 Å². The van der Waals surface area contributed by atoms with Gasteiger partial charge in [0.15, 0.2) is 0 Å². The van der Waals surface area contributed by atoms with Gasteiger partial charge in [-0.2, -0.15) is 0 Å². The maximum absolute atomic E-state index is 11.8. The highest BCUT2D eigenvalue weighted by Gasteiger charge is 2.23. The van der Waals surface area contributed by atoms with E-state index in [1.54, 1.807) is 27.7 Å². The van der Waals surface area contributed by atoms with Crippen molar-refractivity contribution in [3.8, 4) is 0 Å². The monoisotopic (exact) mass is 342 g/mol. The molecule has 0 saturated carbocycles. The van der Waals surface area contributed by atoms with Gasteiger partial charge in [0.2, 0.25) is 11.6 Å². The van der Waals surface area contributed by atoms with E-state index in [1.807, 2.05) is 0 Å². The smallest absolute Gasteiger partial charge is 0.247 e. The average molecular weight is 342 g/mol. The summed E-state index contributed by atoms with van der Waals surface area (Å²) >= 11 is 6.36. The molecule has 0 saturated heterocycles. The summed E-state index contributed by atoms with van der Waals surface area (Å²) in [5, 5.41) is 13.3. The Balaban J connectivity index is 4.46. The Bertz CT molecular complexity index is 368. The first-order valence-electron chi connectivity index (χ1n) is 6.29. The fourth-order valence-corrected chi connectivity index (χ4v) is 5.51. The van der Waals surface area contributed by atoms with E-state index in [0.717, 1.165) is 11.4 Å². The number of nitrogens with one attached hydrogen (secondary N) is 1. The van der Waals surface area contributed by atoms with Gasteiger partial charge < -0.3 is 24.3 Å². The molecule has 1 amide bonds. The second kappa shape index (κ2) is 9.73. The summed E-state index contributed by atoms with van der Waals surface area (Å²) in [6, 6.07) is -1.01. The molecule has 0 fully saturated rings. The first-order valence-corrected chi connectivity index (χ1v) is 10.5. The van der Waals surface area contributed by atoms with Crippen molar-refractivity contribution < 1.29 is 23.7 Å². The molecule has 1 atom stereocenters. The summed E-state index contributed by atoms with van der Waals surface area (Å²) in [4.78, 5) is 22.6. The molecule has 0 bridgehead atoms. The van der Waals surface area contributed by atoms with Gasteiger partial charge in [0, 0.05) is 0 Å². The minimum absolute atomic E-state index is 0.00617. The van der Waals surface area contributed by atoms with Crippen molar-refractivity contribution in [1.29, 1.82) is 0 Å². The van der Waals surface area contributed by atoms with Crippen molar-refractivity contribution in [2.45, 2.75) is 33.7 Å². The zero-order valence-corrected chi connectivity index (χ0v) is 14.6. The molecule has 118 valence electrons. The van der Waals surface area contributed by atoms with E-state index in [1.165, 1.54) is 0 Å². The fourth-order valence-electron chi connectivity index (χ4n) is 1.28. The Morgan fingerprint density at radius 3 is 2.15 bits per heavy atom. The van der Waals surface area contributed by atoms with Crippen LogP contribution in [0, 0.1) is 5.92 Å². The second-order valence-electron chi connectivity index (χ2n) is 4.16. The summed E-state index contributed by atoms with van der Waals surface area (Å²) in [5.41, 5.74) is -2.54. The number of hydrogen-bond acceptors (Lipinski definition) is 7. The maximum Gasteiger partial charge on any atom is 0.247 e. The lowest BCUT2D eigenvalue weighted by Gasteiger charge is -2.24. The minimum Gasteiger partial charge on any atom is -0.548 e. The lowest BCUT2D eigenvalue weighted by molar-refractivity contribution is -0.309. The highest BCUT2D eigenvalue weighted by Crippen LogP contribution is 2.60. The molecule has 0 radical (unpaired) electrons. The molecular weight excluding hydrogens is 321 g/mol. The summed E-state index contributed by atoms with van der Waals surface area (Å²) in [5.74, 6) is -1.98. The molecule has 9 heteroatoms. The zero-order valence-electron chi connectivity index (χ0n) is 12.1. The Kier molecular flexibility index (Phi) is 9.67. The molecule has 1 N–H and O–H groups in total. The van der Waals surface area contributed by atoms with Crippen molar-refractivity contribution in [3.63, 3.8) is 0 Å². The van der Waals surface area contributed by atoms with Crippen LogP contribution in [0.15, 0.2) is 0 Å². The van der Waals surface area contributed by atoms with E-state index in [9.17, 15) is 14.7 Å².